The molecule has 3 rings (SSSR count). The van der Waals surface area contributed by atoms with Crippen molar-refractivity contribution in [2.75, 3.05) is 24.9 Å². The van der Waals surface area contributed by atoms with E-state index in [1.807, 2.05) is 68.4 Å². The van der Waals surface area contributed by atoms with Crippen LogP contribution in [0.15, 0.2) is 59.6 Å². The van der Waals surface area contributed by atoms with E-state index in [0.717, 1.165) is 28.4 Å². The molecule has 0 atom stereocenters. The van der Waals surface area contributed by atoms with E-state index in [-0.39, 0.29) is 0 Å². The molecule has 0 aliphatic carbocycles. The largest absolute Gasteiger partial charge is 0.496 e. The average Bonchev–Trinajstić information content (AvgIpc) is 2.77. The van der Waals surface area contributed by atoms with Gasteiger partial charge in [0.05, 0.1) is 26.5 Å². The first kappa shape index (κ1) is 23.0. The highest BCUT2D eigenvalue weighted by molar-refractivity contribution is 7.80. The molecule has 0 unspecified atom stereocenters. The molecule has 1 aromatic heterocycles. The number of aromatic nitrogens is 2. The van der Waals surface area contributed by atoms with Crippen LogP contribution in [0.4, 0.5) is 11.6 Å². The molecule has 8 nitrogen and oxygen atoms in total. The topological polar surface area (TPSA) is 92.7 Å². The Balaban J connectivity index is 1.82. The van der Waals surface area contributed by atoms with Crippen LogP contribution in [0.2, 0.25) is 0 Å². The Morgan fingerprint density at radius 3 is 2.22 bits per heavy atom. The van der Waals surface area contributed by atoms with Gasteiger partial charge in [-0.1, -0.05) is 30.3 Å². The first-order valence-electron chi connectivity index (χ1n) is 9.95. The third-order valence-electron chi connectivity index (χ3n) is 4.40. The molecule has 0 aliphatic heterocycles. The van der Waals surface area contributed by atoms with Crippen LogP contribution in [0.1, 0.15) is 17.0 Å². The summed E-state index contributed by atoms with van der Waals surface area (Å²) in [5.74, 6) is 2.25. The summed E-state index contributed by atoms with van der Waals surface area (Å²) in [4.78, 5) is 13.5. The summed E-state index contributed by atoms with van der Waals surface area (Å²) >= 11 is 5.50. The zero-order chi connectivity index (χ0) is 22.9. The van der Waals surface area contributed by atoms with Crippen molar-refractivity contribution in [2.45, 2.75) is 20.4 Å². The van der Waals surface area contributed by atoms with Crippen molar-refractivity contribution in [1.29, 1.82) is 0 Å². The van der Waals surface area contributed by atoms with E-state index in [1.165, 1.54) is 0 Å². The quantitative estimate of drug-likeness (QED) is 0.294. The maximum Gasteiger partial charge on any atom is 0.229 e. The summed E-state index contributed by atoms with van der Waals surface area (Å²) in [6.45, 7) is 4.18. The normalized spacial score (nSPS) is 10.9. The fourth-order valence-electron chi connectivity index (χ4n) is 3.00. The fourth-order valence-corrected chi connectivity index (χ4v) is 3.21. The molecule has 2 aromatic carbocycles. The lowest BCUT2D eigenvalue weighted by Crippen LogP contribution is -2.39. The SMILES string of the molecule is COc1ccccc1CN=C(NC(=S)Nc1ccccc1OC)Nc1nc(C)cc(C)n1. The minimum Gasteiger partial charge on any atom is -0.496 e. The van der Waals surface area contributed by atoms with Crippen LogP contribution in [0.5, 0.6) is 11.5 Å². The zero-order valence-electron chi connectivity index (χ0n) is 18.5. The highest BCUT2D eigenvalue weighted by Crippen LogP contribution is 2.23. The van der Waals surface area contributed by atoms with Gasteiger partial charge in [-0.2, -0.15) is 0 Å². The number of anilines is 2. The lowest BCUT2D eigenvalue weighted by molar-refractivity contribution is 0.410. The number of para-hydroxylation sites is 3. The van der Waals surface area contributed by atoms with E-state index in [1.54, 1.807) is 14.2 Å². The van der Waals surface area contributed by atoms with E-state index in [2.05, 4.69) is 30.9 Å². The van der Waals surface area contributed by atoms with Gasteiger partial charge in [0.1, 0.15) is 11.5 Å². The van der Waals surface area contributed by atoms with Crippen molar-refractivity contribution in [3.05, 3.63) is 71.5 Å². The number of methoxy groups -OCH3 is 2. The van der Waals surface area contributed by atoms with E-state index < -0.39 is 0 Å². The summed E-state index contributed by atoms with van der Waals surface area (Å²) in [5.41, 5.74) is 3.36. The number of aliphatic imine (C=N–C) groups is 1. The number of thiocarbonyl (C=S) groups is 1. The summed E-state index contributed by atoms with van der Waals surface area (Å²) in [6, 6.07) is 17.1. The van der Waals surface area contributed by atoms with Gasteiger partial charge in [0.15, 0.2) is 5.11 Å². The Hall–Kier alpha value is -3.72. The van der Waals surface area contributed by atoms with Gasteiger partial charge in [0.25, 0.3) is 0 Å². The van der Waals surface area contributed by atoms with Crippen molar-refractivity contribution in [1.82, 2.24) is 15.3 Å². The standard InChI is InChI=1S/C23H26N6O2S/c1-15-13-16(2)26-22(25-15)28-21(24-14-17-9-5-7-11-19(17)30-3)29-23(32)27-18-10-6-8-12-20(18)31-4/h5-13H,14H2,1-4H3,(H3,24,25,26,27,28,29,32). The summed E-state index contributed by atoms with van der Waals surface area (Å²) in [5, 5.41) is 9.69. The van der Waals surface area contributed by atoms with Gasteiger partial charge >= 0.3 is 0 Å². The molecular weight excluding hydrogens is 424 g/mol. The highest BCUT2D eigenvalue weighted by Gasteiger charge is 2.10. The molecule has 1 heterocycles. The summed E-state index contributed by atoms with van der Waals surface area (Å²) < 4.78 is 10.8. The summed E-state index contributed by atoms with van der Waals surface area (Å²) in [7, 11) is 3.24. The molecule has 9 heteroatoms. The molecule has 3 aromatic rings. The first-order valence-corrected chi connectivity index (χ1v) is 10.4. The van der Waals surface area contributed by atoms with Gasteiger partial charge in [-0.3, -0.25) is 5.32 Å². The van der Waals surface area contributed by atoms with Crippen LogP contribution in [0, 0.1) is 13.8 Å². The molecule has 0 fully saturated rings. The predicted molar refractivity (Wildman–Crippen MR) is 132 cm³/mol. The van der Waals surface area contributed by atoms with Crippen LogP contribution < -0.4 is 25.4 Å². The summed E-state index contributed by atoms with van der Waals surface area (Å²) in [6.07, 6.45) is 0. The van der Waals surface area contributed by atoms with Gasteiger partial charge in [-0.05, 0) is 50.3 Å². The van der Waals surface area contributed by atoms with Crippen molar-refractivity contribution in [3.8, 4) is 11.5 Å². The molecule has 0 spiro atoms. The molecule has 32 heavy (non-hydrogen) atoms. The molecule has 0 amide bonds. The van der Waals surface area contributed by atoms with Gasteiger partial charge in [0.2, 0.25) is 11.9 Å². The maximum atomic E-state index is 5.50. The van der Waals surface area contributed by atoms with Crippen molar-refractivity contribution < 1.29 is 9.47 Å². The molecular formula is C23H26N6O2S. The van der Waals surface area contributed by atoms with Crippen LogP contribution >= 0.6 is 12.2 Å². The van der Waals surface area contributed by atoms with E-state index >= 15 is 0 Å². The minimum absolute atomic E-state index is 0.338. The van der Waals surface area contributed by atoms with Crippen molar-refractivity contribution in [3.63, 3.8) is 0 Å². The van der Waals surface area contributed by atoms with Gasteiger partial charge in [-0.25, -0.2) is 15.0 Å². The number of rotatable bonds is 6. The second-order valence-corrected chi connectivity index (χ2v) is 7.26. The number of nitrogens with zero attached hydrogens (tertiary/aromatic N) is 3. The smallest absolute Gasteiger partial charge is 0.229 e. The fraction of sp³-hybridized carbons (Fsp3) is 0.217. The number of nitrogens with one attached hydrogen (secondary N) is 3. The third-order valence-corrected chi connectivity index (χ3v) is 4.60. The van der Waals surface area contributed by atoms with Crippen molar-refractivity contribution >= 4 is 34.9 Å². The number of hydrogen-bond donors (Lipinski definition) is 3. The van der Waals surface area contributed by atoms with Crippen molar-refractivity contribution in [2.24, 2.45) is 4.99 Å². The molecule has 0 saturated heterocycles. The molecule has 0 saturated carbocycles. The van der Waals surface area contributed by atoms with Crippen LogP contribution in [0.3, 0.4) is 0 Å². The Bertz CT molecular complexity index is 1100. The maximum absolute atomic E-state index is 5.50. The second kappa shape index (κ2) is 11.1. The van der Waals surface area contributed by atoms with E-state index in [0.29, 0.717) is 29.3 Å². The number of aryl methyl sites for hydroxylation is 2. The molecule has 0 aliphatic rings. The first-order chi connectivity index (χ1) is 15.5. The minimum atomic E-state index is 0.338. The number of guanidine groups is 1. The second-order valence-electron chi connectivity index (χ2n) is 6.86. The Morgan fingerprint density at radius 2 is 1.53 bits per heavy atom. The molecule has 3 N–H and O–H groups in total. The molecule has 166 valence electrons. The lowest BCUT2D eigenvalue weighted by Gasteiger charge is -2.16. The highest BCUT2D eigenvalue weighted by atomic mass is 32.1. The predicted octanol–water partition coefficient (Wildman–Crippen LogP) is 4.07. The number of ether oxygens (including phenoxy) is 2. The van der Waals surface area contributed by atoms with Crippen LogP contribution in [-0.4, -0.2) is 35.3 Å². The van der Waals surface area contributed by atoms with Gasteiger partial charge in [0, 0.05) is 17.0 Å². The van der Waals surface area contributed by atoms with Gasteiger partial charge in [-0.15, -0.1) is 0 Å². The van der Waals surface area contributed by atoms with Gasteiger partial charge < -0.3 is 20.1 Å². The van der Waals surface area contributed by atoms with Crippen LogP contribution in [-0.2, 0) is 6.54 Å². The Morgan fingerprint density at radius 1 is 0.906 bits per heavy atom. The van der Waals surface area contributed by atoms with E-state index in [9.17, 15) is 0 Å². The third kappa shape index (κ3) is 6.39. The molecule has 0 bridgehead atoms. The van der Waals surface area contributed by atoms with Crippen LogP contribution in [0.25, 0.3) is 0 Å². The zero-order valence-corrected chi connectivity index (χ0v) is 19.3. The Labute approximate surface area is 193 Å². The average molecular weight is 451 g/mol. The van der Waals surface area contributed by atoms with E-state index in [4.69, 9.17) is 21.7 Å². The number of benzene rings is 2. The molecule has 0 radical (unpaired) electrons. The Kier molecular flexibility index (Phi) is 7.93. The lowest BCUT2D eigenvalue weighted by atomic mass is 10.2. The number of hydrogen-bond acceptors (Lipinski definition) is 6. The monoisotopic (exact) mass is 450 g/mol.